The van der Waals surface area contributed by atoms with Crippen LogP contribution in [0.2, 0.25) is 0 Å². The molecule has 98 valence electrons. The van der Waals surface area contributed by atoms with Crippen LogP contribution in [-0.2, 0) is 0 Å². The molecule has 0 bridgehead atoms. The van der Waals surface area contributed by atoms with E-state index in [1.54, 1.807) is 12.1 Å². The highest BCUT2D eigenvalue weighted by molar-refractivity contribution is 5.88. The molecule has 0 radical (unpaired) electrons. The maximum atomic E-state index is 11.1. The number of carbonyl (C=O) groups is 1. The van der Waals surface area contributed by atoms with Crippen LogP contribution in [0.1, 0.15) is 55.6 Å². The summed E-state index contributed by atoms with van der Waals surface area (Å²) in [4.78, 5) is 15.6. The van der Waals surface area contributed by atoms with Gasteiger partial charge in [0.25, 0.3) is 0 Å². The van der Waals surface area contributed by atoms with Crippen molar-refractivity contribution in [2.24, 2.45) is 5.41 Å². The number of hydrogen-bond acceptors (Lipinski definition) is 3. The summed E-state index contributed by atoms with van der Waals surface area (Å²) in [5, 5.41) is 12.4. The van der Waals surface area contributed by atoms with E-state index in [0.29, 0.717) is 16.8 Å². The molecule has 4 nitrogen and oxygen atoms in total. The number of aromatic nitrogens is 1. The molecule has 1 saturated carbocycles. The molecule has 1 aliphatic rings. The van der Waals surface area contributed by atoms with E-state index in [1.807, 2.05) is 13.8 Å². The molecule has 0 atom stereocenters. The van der Waals surface area contributed by atoms with Gasteiger partial charge in [-0.3, -0.25) is 0 Å². The molecule has 4 heteroatoms. The summed E-state index contributed by atoms with van der Waals surface area (Å²) < 4.78 is 0. The van der Waals surface area contributed by atoms with Gasteiger partial charge in [0, 0.05) is 12.2 Å². The van der Waals surface area contributed by atoms with Crippen LogP contribution >= 0.6 is 0 Å². The van der Waals surface area contributed by atoms with E-state index in [1.165, 1.54) is 12.8 Å². The normalized spacial score (nSPS) is 16.7. The summed E-state index contributed by atoms with van der Waals surface area (Å²) in [5.41, 5.74) is 1.49. The molecule has 0 aliphatic heterocycles. The van der Waals surface area contributed by atoms with Crippen molar-refractivity contribution in [1.82, 2.24) is 4.98 Å². The Balaban J connectivity index is 2.19. The van der Waals surface area contributed by atoms with Crippen LogP contribution in [0.3, 0.4) is 0 Å². The van der Waals surface area contributed by atoms with E-state index < -0.39 is 5.97 Å². The molecule has 2 rings (SSSR count). The van der Waals surface area contributed by atoms with Crippen molar-refractivity contribution in [1.29, 1.82) is 0 Å². The summed E-state index contributed by atoms with van der Waals surface area (Å²) in [7, 11) is 0. The maximum Gasteiger partial charge on any atom is 0.335 e. The van der Waals surface area contributed by atoms with E-state index in [2.05, 4.69) is 17.2 Å². The minimum absolute atomic E-state index is 0.223. The third-order valence-corrected chi connectivity index (χ3v) is 3.48. The predicted molar refractivity (Wildman–Crippen MR) is 71.1 cm³/mol. The average Bonchev–Trinajstić information content (AvgIpc) is 3.05. The van der Waals surface area contributed by atoms with Gasteiger partial charge in [0.1, 0.15) is 5.82 Å². The van der Waals surface area contributed by atoms with Gasteiger partial charge in [-0.1, -0.05) is 20.8 Å². The summed E-state index contributed by atoms with van der Waals surface area (Å²) in [6.07, 6.45) is 2.46. The van der Waals surface area contributed by atoms with E-state index in [4.69, 9.17) is 5.11 Å². The molecular weight excluding hydrogens is 228 g/mol. The van der Waals surface area contributed by atoms with Gasteiger partial charge in [-0.25, -0.2) is 9.78 Å². The number of rotatable bonds is 5. The van der Waals surface area contributed by atoms with Crippen molar-refractivity contribution >= 4 is 11.8 Å². The summed E-state index contributed by atoms with van der Waals surface area (Å²) in [5.74, 6) is -0.00642. The fourth-order valence-electron chi connectivity index (χ4n) is 1.76. The van der Waals surface area contributed by atoms with Crippen molar-refractivity contribution in [2.75, 3.05) is 11.9 Å². The molecule has 0 unspecified atom stereocenters. The number of anilines is 1. The van der Waals surface area contributed by atoms with E-state index in [0.717, 1.165) is 12.2 Å². The van der Waals surface area contributed by atoms with Crippen LogP contribution in [0.15, 0.2) is 12.1 Å². The second-order valence-electron chi connectivity index (χ2n) is 5.79. The Labute approximate surface area is 107 Å². The van der Waals surface area contributed by atoms with Crippen LogP contribution < -0.4 is 5.32 Å². The lowest BCUT2D eigenvalue weighted by Crippen LogP contribution is -2.14. The SMILES string of the molecule is CC(C)c1cc(C(=O)O)cc(NCC2(C)CC2)n1. The van der Waals surface area contributed by atoms with Crippen molar-refractivity contribution in [3.05, 3.63) is 23.4 Å². The lowest BCUT2D eigenvalue weighted by Gasteiger charge is -2.13. The molecule has 1 aliphatic carbocycles. The molecule has 0 amide bonds. The zero-order chi connectivity index (χ0) is 13.3. The molecule has 1 heterocycles. The second-order valence-corrected chi connectivity index (χ2v) is 5.79. The van der Waals surface area contributed by atoms with Crippen LogP contribution in [0.5, 0.6) is 0 Å². The number of nitrogens with one attached hydrogen (secondary N) is 1. The molecule has 18 heavy (non-hydrogen) atoms. The quantitative estimate of drug-likeness (QED) is 0.840. The lowest BCUT2D eigenvalue weighted by molar-refractivity contribution is 0.0696. The number of aromatic carboxylic acids is 1. The number of pyridine rings is 1. The highest BCUT2D eigenvalue weighted by Gasteiger charge is 2.36. The number of nitrogens with zero attached hydrogens (tertiary/aromatic N) is 1. The second kappa shape index (κ2) is 4.59. The third-order valence-electron chi connectivity index (χ3n) is 3.48. The number of hydrogen-bond donors (Lipinski definition) is 2. The van der Waals surface area contributed by atoms with E-state index in [9.17, 15) is 4.79 Å². The Morgan fingerprint density at radius 2 is 2.17 bits per heavy atom. The first-order valence-electron chi connectivity index (χ1n) is 6.39. The topological polar surface area (TPSA) is 62.2 Å². The molecule has 2 N–H and O–H groups in total. The molecule has 0 spiro atoms. The van der Waals surface area contributed by atoms with E-state index >= 15 is 0 Å². The molecule has 1 aromatic heterocycles. The fraction of sp³-hybridized carbons (Fsp3) is 0.571. The minimum Gasteiger partial charge on any atom is -0.478 e. The summed E-state index contributed by atoms with van der Waals surface area (Å²) >= 11 is 0. The monoisotopic (exact) mass is 248 g/mol. The van der Waals surface area contributed by atoms with Crippen molar-refractivity contribution in [3.8, 4) is 0 Å². The van der Waals surface area contributed by atoms with Gasteiger partial charge in [-0.05, 0) is 36.3 Å². The molecule has 1 fully saturated rings. The van der Waals surface area contributed by atoms with Gasteiger partial charge in [0.2, 0.25) is 0 Å². The summed E-state index contributed by atoms with van der Waals surface area (Å²) in [6.45, 7) is 7.12. The van der Waals surface area contributed by atoms with Gasteiger partial charge >= 0.3 is 5.97 Å². The lowest BCUT2D eigenvalue weighted by atomic mass is 10.1. The average molecular weight is 248 g/mol. The smallest absolute Gasteiger partial charge is 0.335 e. The third kappa shape index (κ3) is 3.00. The first-order valence-corrected chi connectivity index (χ1v) is 6.39. The number of carboxylic acid groups (broad SMARTS) is 1. The largest absolute Gasteiger partial charge is 0.478 e. The van der Waals surface area contributed by atoms with E-state index in [-0.39, 0.29) is 5.92 Å². The maximum absolute atomic E-state index is 11.1. The highest BCUT2D eigenvalue weighted by Crippen LogP contribution is 2.44. The Kier molecular flexibility index (Phi) is 3.28. The van der Waals surface area contributed by atoms with Crippen LogP contribution in [0.25, 0.3) is 0 Å². The van der Waals surface area contributed by atoms with Crippen LogP contribution in [0.4, 0.5) is 5.82 Å². The van der Waals surface area contributed by atoms with Crippen molar-refractivity contribution in [2.45, 2.75) is 39.5 Å². The Morgan fingerprint density at radius 3 is 2.67 bits per heavy atom. The van der Waals surface area contributed by atoms with Crippen molar-refractivity contribution in [3.63, 3.8) is 0 Å². The van der Waals surface area contributed by atoms with Crippen molar-refractivity contribution < 1.29 is 9.90 Å². The Bertz CT molecular complexity index is 465. The van der Waals surface area contributed by atoms with Gasteiger partial charge in [0.05, 0.1) is 5.56 Å². The predicted octanol–water partition coefficient (Wildman–Crippen LogP) is 3.12. The van der Waals surface area contributed by atoms with Gasteiger partial charge in [-0.15, -0.1) is 0 Å². The zero-order valence-corrected chi connectivity index (χ0v) is 11.2. The van der Waals surface area contributed by atoms with Crippen LogP contribution in [-0.4, -0.2) is 22.6 Å². The minimum atomic E-state index is -0.903. The number of carboxylic acids is 1. The fourth-order valence-corrected chi connectivity index (χ4v) is 1.76. The molecular formula is C14H20N2O2. The van der Waals surface area contributed by atoms with Gasteiger partial charge in [0.15, 0.2) is 0 Å². The zero-order valence-electron chi connectivity index (χ0n) is 11.2. The first kappa shape index (κ1) is 12.9. The standard InChI is InChI=1S/C14H20N2O2/c1-9(2)11-6-10(13(17)18)7-12(16-11)15-8-14(3)4-5-14/h6-7,9H,4-5,8H2,1-3H3,(H,15,16)(H,17,18). The summed E-state index contributed by atoms with van der Waals surface area (Å²) in [6, 6.07) is 3.26. The molecule has 0 aromatic carbocycles. The molecule has 1 aromatic rings. The van der Waals surface area contributed by atoms with Gasteiger partial charge in [-0.2, -0.15) is 0 Å². The molecule has 0 saturated heterocycles. The Morgan fingerprint density at radius 1 is 1.50 bits per heavy atom. The Hall–Kier alpha value is -1.58. The van der Waals surface area contributed by atoms with Crippen LogP contribution in [0, 0.1) is 5.41 Å². The van der Waals surface area contributed by atoms with Gasteiger partial charge < -0.3 is 10.4 Å². The first-order chi connectivity index (χ1) is 8.39. The highest BCUT2D eigenvalue weighted by atomic mass is 16.4.